The average molecular weight is 882 g/mol. The van der Waals surface area contributed by atoms with Crippen molar-refractivity contribution in [2.75, 3.05) is 41.9 Å². The van der Waals surface area contributed by atoms with E-state index >= 15 is 0 Å². The molecule has 354 valence electrons. The minimum Gasteiger partial charge on any atom is -0.379 e. The van der Waals surface area contributed by atoms with Gasteiger partial charge in [0.05, 0.1) is 61.0 Å². The van der Waals surface area contributed by atoms with E-state index in [9.17, 15) is 24.0 Å². The van der Waals surface area contributed by atoms with Gasteiger partial charge in [0.25, 0.3) is 0 Å². The highest BCUT2D eigenvalue weighted by Gasteiger charge is 2.43. The summed E-state index contributed by atoms with van der Waals surface area (Å²) >= 11 is 0. The number of hydrogen-bond donors (Lipinski definition) is 3. The van der Waals surface area contributed by atoms with Gasteiger partial charge in [-0.1, -0.05) is 90.4 Å². The van der Waals surface area contributed by atoms with Gasteiger partial charge in [-0.3, -0.25) is 28.9 Å². The zero-order valence-corrected chi connectivity index (χ0v) is 40.8. The van der Waals surface area contributed by atoms with Crippen LogP contribution in [-0.4, -0.2) is 144 Å². The molecule has 1 saturated heterocycles. The number of nitrogens with zero attached hydrogens (tertiary/aromatic N) is 6. The Morgan fingerprint density at radius 1 is 0.889 bits per heavy atom. The molecule has 0 aliphatic carbocycles. The minimum absolute atomic E-state index is 0.00572. The Morgan fingerprint density at radius 3 is 2.06 bits per heavy atom. The number of carbonyl (C=O) groups excluding carboxylic acids is 5. The van der Waals surface area contributed by atoms with Gasteiger partial charge < -0.3 is 35.2 Å². The summed E-state index contributed by atoms with van der Waals surface area (Å²) in [6.07, 6.45) is 2.77. The Balaban J connectivity index is 1.80. The number of carbonyl (C=O) groups is 5. The zero-order valence-electron chi connectivity index (χ0n) is 40.8. The summed E-state index contributed by atoms with van der Waals surface area (Å²) in [6.45, 7) is 20.3. The van der Waals surface area contributed by atoms with E-state index in [0.29, 0.717) is 25.1 Å². The van der Waals surface area contributed by atoms with Crippen molar-refractivity contribution in [2.45, 2.75) is 156 Å². The third-order valence-electron chi connectivity index (χ3n) is 12.5. The van der Waals surface area contributed by atoms with Crippen LogP contribution in [0.1, 0.15) is 106 Å². The van der Waals surface area contributed by atoms with Crippen LogP contribution in [-0.2, 0) is 52.0 Å². The predicted octanol–water partition coefficient (Wildman–Crippen LogP) is 4.02. The second-order valence-electron chi connectivity index (χ2n) is 19.3. The molecule has 5 amide bonds. The molecule has 1 fully saturated rings. The van der Waals surface area contributed by atoms with Crippen molar-refractivity contribution in [2.24, 2.45) is 23.7 Å². The second kappa shape index (κ2) is 24.0. The van der Waals surface area contributed by atoms with Crippen LogP contribution in [0.15, 0.2) is 36.5 Å². The summed E-state index contributed by atoms with van der Waals surface area (Å²) in [7, 11) is 8.53. The standard InChI is InChI=1S/C47H79N9O7/c1-16-31(6)41(54(13)46(61)39(29(2)3)50-45(60)40(30(4)5)53(11)12)37(62-14)26-38(57)55-24-20-23-36(55)42(63-15)32(7)43(58)49-35(25-33-21-18-17-19-22-33)44(59)48-27-34-28-56(52-51-34)47(8,9)10/h17-19,21-22,28-32,35-37,39-42H,16,20,23-27H2,1-15H3,(H,48,59)(H,49,58)(H,50,60)/t31-,32+,35-,36-,37?,39-,40-,41?,42+/m0/s1. The Morgan fingerprint density at radius 2 is 1.54 bits per heavy atom. The number of methoxy groups -OCH3 is 2. The summed E-state index contributed by atoms with van der Waals surface area (Å²) in [6, 6.07) is 6.50. The predicted molar refractivity (Wildman–Crippen MR) is 244 cm³/mol. The van der Waals surface area contributed by atoms with Crippen molar-refractivity contribution in [3.63, 3.8) is 0 Å². The van der Waals surface area contributed by atoms with Gasteiger partial charge in [-0.25, -0.2) is 4.68 Å². The summed E-state index contributed by atoms with van der Waals surface area (Å²) in [5.74, 6) is -2.30. The van der Waals surface area contributed by atoms with E-state index in [1.165, 1.54) is 7.11 Å². The fourth-order valence-electron chi connectivity index (χ4n) is 8.78. The highest BCUT2D eigenvalue weighted by molar-refractivity contribution is 5.90. The third-order valence-corrected chi connectivity index (χ3v) is 12.5. The van der Waals surface area contributed by atoms with Crippen LogP contribution in [0.5, 0.6) is 0 Å². The van der Waals surface area contributed by atoms with Crippen molar-refractivity contribution in [1.82, 2.24) is 45.6 Å². The SMILES string of the molecule is CC[C@H](C)C(C(CC(=O)N1CCC[C@H]1[C@H](OC)[C@@H](C)C(=O)N[C@@H](Cc1ccccc1)C(=O)NCc1cn(C(C)(C)C)nn1)OC)N(C)C(=O)[C@@H](NC(=O)[C@H](C(C)C)N(C)C)C(C)C. The van der Waals surface area contributed by atoms with Gasteiger partial charge in [-0.2, -0.15) is 0 Å². The molecule has 3 rings (SSSR count). The molecule has 3 N–H and O–H groups in total. The molecule has 2 unspecified atom stereocenters. The number of benzene rings is 1. The van der Waals surface area contributed by atoms with Crippen molar-refractivity contribution < 1.29 is 33.4 Å². The van der Waals surface area contributed by atoms with Crippen molar-refractivity contribution >= 4 is 29.5 Å². The first-order chi connectivity index (χ1) is 29.6. The summed E-state index contributed by atoms with van der Waals surface area (Å²) in [4.78, 5) is 75.4. The smallest absolute Gasteiger partial charge is 0.245 e. The first-order valence-corrected chi connectivity index (χ1v) is 22.7. The first kappa shape index (κ1) is 52.9. The lowest BCUT2D eigenvalue weighted by molar-refractivity contribution is -0.148. The molecule has 63 heavy (non-hydrogen) atoms. The number of ether oxygens (including phenoxy) is 2. The number of aromatic nitrogens is 3. The monoisotopic (exact) mass is 882 g/mol. The summed E-state index contributed by atoms with van der Waals surface area (Å²) in [5, 5.41) is 17.4. The zero-order chi connectivity index (χ0) is 47.3. The highest BCUT2D eigenvalue weighted by atomic mass is 16.5. The molecule has 1 aromatic carbocycles. The largest absolute Gasteiger partial charge is 0.379 e. The average Bonchev–Trinajstić information content (AvgIpc) is 3.92. The maximum absolute atomic E-state index is 14.4. The Bertz CT molecular complexity index is 1770. The van der Waals surface area contributed by atoms with Crippen molar-refractivity contribution in [3.05, 3.63) is 47.8 Å². The third kappa shape index (κ3) is 14.3. The summed E-state index contributed by atoms with van der Waals surface area (Å²) in [5.41, 5.74) is 1.20. The van der Waals surface area contributed by atoms with E-state index in [-0.39, 0.29) is 72.2 Å². The number of hydrogen-bond acceptors (Lipinski definition) is 10. The molecule has 9 atom stereocenters. The van der Waals surface area contributed by atoms with Crippen LogP contribution in [0.2, 0.25) is 0 Å². The van der Waals surface area contributed by atoms with E-state index < -0.39 is 48.3 Å². The lowest BCUT2D eigenvalue weighted by atomic mass is 9.89. The molecule has 16 heteroatoms. The molecular formula is C47H79N9O7. The van der Waals surface area contributed by atoms with Crippen LogP contribution < -0.4 is 16.0 Å². The van der Waals surface area contributed by atoms with E-state index in [0.717, 1.165) is 12.0 Å². The van der Waals surface area contributed by atoms with Gasteiger partial charge in [-0.05, 0) is 71.0 Å². The molecule has 2 aromatic rings. The van der Waals surface area contributed by atoms with Gasteiger partial charge in [0.2, 0.25) is 29.5 Å². The summed E-state index contributed by atoms with van der Waals surface area (Å²) < 4.78 is 13.8. The molecule has 0 bridgehead atoms. The lowest BCUT2D eigenvalue weighted by Gasteiger charge is -2.41. The number of rotatable bonds is 23. The fraction of sp³-hybridized carbons (Fsp3) is 0.723. The number of amides is 5. The van der Waals surface area contributed by atoms with Crippen LogP contribution in [0.25, 0.3) is 0 Å². The van der Waals surface area contributed by atoms with E-state index in [2.05, 4.69) is 26.3 Å². The molecule has 16 nitrogen and oxygen atoms in total. The minimum atomic E-state index is -0.897. The molecule has 1 aromatic heterocycles. The number of likely N-dealkylation sites (N-methyl/N-ethyl adjacent to an activating group) is 2. The van der Waals surface area contributed by atoms with Crippen LogP contribution in [0.3, 0.4) is 0 Å². The molecule has 1 aliphatic heterocycles. The lowest BCUT2D eigenvalue weighted by Crippen LogP contribution is -2.59. The first-order valence-electron chi connectivity index (χ1n) is 22.7. The molecule has 0 spiro atoms. The molecule has 1 aliphatic rings. The van der Waals surface area contributed by atoms with Gasteiger partial charge in [0.1, 0.15) is 17.8 Å². The number of nitrogens with one attached hydrogen (secondary N) is 3. The van der Waals surface area contributed by atoms with Crippen molar-refractivity contribution in [3.8, 4) is 0 Å². The Kier molecular flexibility index (Phi) is 20.2. The maximum Gasteiger partial charge on any atom is 0.245 e. The van der Waals surface area contributed by atoms with Crippen LogP contribution in [0, 0.1) is 23.7 Å². The van der Waals surface area contributed by atoms with E-state index in [1.807, 2.05) is 112 Å². The molecule has 2 heterocycles. The second-order valence-corrected chi connectivity index (χ2v) is 19.3. The normalized spacial score (nSPS) is 18.3. The Hall–Kier alpha value is -4.41. The number of likely N-dealkylation sites (tertiary alicyclic amines) is 1. The van der Waals surface area contributed by atoms with Gasteiger partial charge >= 0.3 is 0 Å². The molecule has 0 radical (unpaired) electrons. The van der Waals surface area contributed by atoms with Gasteiger partial charge in [0, 0.05) is 34.2 Å². The topological polar surface area (TPSA) is 180 Å². The van der Waals surface area contributed by atoms with Crippen LogP contribution in [0.4, 0.5) is 0 Å². The van der Waals surface area contributed by atoms with Crippen LogP contribution >= 0.6 is 0 Å². The Labute approximate surface area is 376 Å². The highest BCUT2D eigenvalue weighted by Crippen LogP contribution is 2.30. The quantitative estimate of drug-likeness (QED) is 0.148. The molecule has 0 saturated carbocycles. The fourth-order valence-corrected chi connectivity index (χ4v) is 8.78. The van der Waals surface area contributed by atoms with Gasteiger partial charge in [0.15, 0.2) is 0 Å². The molecular weight excluding hydrogens is 803 g/mol. The van der Waals surface area contributed by atoms with E-state index in [1.54, 1.807) is 41.8 Å². The van der Waals surface area contributed by atoms with E-state index in [4.69, 9.17) is 9.47 Å². The van der Waals surface area contributed by atoms with Gasteiger partial charge in [-0.15, -0.1) is 5.10 Å². The van der Waals surface area contributed by atoms with Crippen molar-refractivity contribution in [1.29, 1.82) is 0 Å². The maximum atomic E-state index is 14.4.